The van der Waals surface area contributed by atoms with Crippen molar-refractivity contribution in [3.05, 3.63) is 57.2 Å². The summed E-state index contributed by atoms with van der Waals surface area (Å²) in [6.45, 7) is 3.88. The fourth-order valence-electron chi connectivity index (χ4n) is 4.53. The number of nitrogens with one attached hydrogen (secondary N) is 1. The van der Waals surface area contributed by atoms with Gasteiger partial charge in [-0.3, -0.25) is 18.7 Å². The molecule has 1 saturated carbocycles. The zero-order valence-corrected chi connectivity index (χ0v) is 18.9. The third-order valence-electron chi connectivity index (χ3n) is 6.35. The van der Waals surface area contributed by atoms with Gasteiger partial charge in [0.15, 0.2) is 5.65 Å². The molecule has 1 aromatic carbocycles. The van der Waals surface area contributed by atoms with E-state index in [0.29, 0.717) is 16.1 Å². The molecular weight excluding hydrogens is 412 g/mol. The first-order valence-corrected chi connectivity index (χ1v) is 11.5. The highest BCUT2D eigenvalue weighted by Gasteiger charge is 2.20. The van der Waals surface area contributed by atoms with E-state index in [2.05, 4.69) is 10.3 Å². The highest BCUT2D eigenvalue weighted by molar-refractivity contribution is 6.30. The lowest BCUT2D eigenvalue weighted by Crippen LogP contribution is -2.39. The van der Waals surface area contributed by atoms with Crippen LogP contribution in [0.2, 0.25) is 5.02 Å². The number of aryl methyl sites for hydroxylation is 1. The van der Waals surface area contributed by atoms with Crippen molar-refractivity contribution in [2.45, 2.75) is 71.4 Å². The highest BCUT2D eigenvalue weighted by atomic mass is 35.5. The first-order valence-electron chi connectivity index (χ1n) is 11.1. The average Bonchev–Trinajstić information content (AvgIpc) is 2.98. The standard InChI is InChI=1S/C24H29ClN4O2/c1-16-17(2)29(20-12-10-18(25)11-13-20)23-22(16)24(31)28(15-26-23)14-21(30)27-19-8-6-4-3-5-7-9-19/h10-13,15,19H,3-9,14H2,1-2H3,(H,27,30). The summed E-state index contributed by atoms with van der Waals surface area (Å²) in [6.07, 6.45) is 9.56. The number of amides is 1. The second-order valence-corrected chi connectivity index (χ2v) is 8.94. The van der Waals surface area contributed by atoms with Crippen LogP contribution in [0.15, 0.2) is 35.4 Å². The summed E-state index contributed by atoms with van der Waals surface area (Å²) in [6, 6.07) is 7.65. The molecule has 0 spiro atoms. The Kier molecular flexibility index (Phi) is 6.46. The van der Waals surface area contributed by atoms with Gasteiger partial charge in [-0.25, -0.2) is 4.98 Å². The van der Waals surface area contributed by atoms with Crippen LogP contribution in [-0.2, 0) is 11.3 Å². The van der Waals surface area contributed by atoms with Gasteiger partial charge in [0, 0.05) is 22.4 Å². The van der Waals surface area contributed by atoms with Crippen molar-refractivity contribution in [3.63, 3.8) is 0 Å². The van der Waals surface area contributed by atoms with Crippen LogP contribution in [0.1, 0.15) is 56.2 Å². The van der Waals surface area contributed by atoms with Gasteiger partial charge in [0.05, 0.1) is 5.39 Å². The van der Waals surface area contributed by atoms with E-state index in [0.717, 1.165) is 42.6 Å². The van der Waals surface area contributed by atoms with Crippen LogP contribution in [0.5, 0.6) is 0 Å². The maximum atomic E-state index is 13.2. The first kappa shape index (κ1) is 21.6. The fourth-order valence-corrected chi connectivity index (χ4v) is 4.66. The monoisotopic (exact) mass is 440 g/mol. The predicted octanol–water partition coefficient (Wildman–Crippen LogP) is 4.69. The Balaban J connectivity index is 1.61. The van der Waals surface area contributed by atoms with E-state index in [-0.39, 0.29) is 24.1 Å². The van der Waals surface area contributed by atoms with Gasteiger partial charge >= 0.3 is 0 Å². The number of rotatable bonds is 4. The van der Waals surface area contributed by atoms with E-state index >= 15 is 0 Å². The van der Waals surface area contributed by atoms with E-state index in [4.69, 9.17) is 11.6 Å². The molecule has 0 aliphatic heterocycles. The zero-order chi connectivity index (χ0) is 22.0. The molecule has 0 bridgehead atoms. The number of nitrogens with zero attached hydrogens (tertiary/aromatic N) is 3. The molecule has 4 rings (SSSR count). The summed E-state index contributed by atoms with van der Waals surface area (Å²) in [5.74, 6) is -0.125. The maximum Gasteiger partial charge on any atom is 0.263 e. The van der Waals surface area contributed by atoms with E-state index < -0.39 is 0 Å². The van der Waals surface area contributed by atoms with Crippen LogP contribution in [0.25, 0.3) is 16.7 Å². The Morgan fingerprint density at radius 3 is 2.42 bits per heavy atom. The summed E-state index contributed by atoms with van der Waals surface area (Å²) < 4.78 is 3.38. The molecule has 164 valence electrons. The molecule has 3 aromatic rings. The zero-order valence-electron chi connectivity index (χ0n) is 18.2. The summed E-state index contributed by atoms with van der Waals surface area (Å²) in [7, 11) is 0. The lowest BCUT2D eigenvalue weighted by Gasteiger charge is -2.21. The molecule has 0 atom stereocenters. The van der Waals surface area contributed by atoms with Crippen molar-refractivity contribution in [2.75, 3.05) is 0 Å². The van der Waals surface area contributed by atoms with Crippen LogP contribution in [0, 0.1) is 13.8 Å². The minimum Gasteiger partial charge on any atom is -0.352 e. The summed E-state index contributed by atoms with van der Waals surface area (Å²) in [5.41, 5.74) is 3.12. The molecule has 1 amide bonds. The van der Waals surface area contributed by atoms with E-state index in [9.17, 15) is 9.59 Å². The molecule has 1 N–H and O–H groups in total. The second kappa shape index (κ2) is 9.27. The van der Waals surface area contributed by atoms with Crippen molar-refractivity contribution >= 4 is 28.5 Å². The SMILES string of the molecule is Cc1c(C)n(-c2ccc(Cl)cc2)c2ncn(CC(=O)NC3CCCCCCC3)c(=O)c12. The number of carbonyl (C=O) groups is 1. The largest absolute Gasteiger partial charge is 0.352 e. The van der Waals surface area contributed by atoms with Gasteiger partial charge in [0.25, 0.3) is 5.56 Å². The third-order valence-corrected chi connectivity index (χ3v) is 6.60. The molecule has 2 aromatic heterocycles. The molecule has 1 aliphatic carbocycles. The van der Waals surface area contributed by atoms with Crippen LogP contribution in [0.3, 0.4) is 0 Å². The number of fused-ring (bicyclic) bond motifs is 1. The average molecular weight is 441 g/mol. The highest BCUT2D eigenvalue weighted by Crippen LogP contribution is 2.25. The minimum atomic E-state index is -0.189. The maximum absolute atomic E-state index is 13.2. The van der Waals surface area contributed by atoms with Crippen molar-refractivity contribution in [3.8, 4) is 5.69 Å². The molecule has 7 heteroatoms. The molecule has 1 aliphatic rings. The van der Waals surface area contributed by atoms with Crippen LogP contribution in [0.4, 0.5) is 0 Å². The lowest BCUT2D eigenvalue weighted by atomic mass is 9.97. The lowest BCUT2D eigenvalue weighted by molar-refractivity contribution is -0.122. The summed E-state index contributed by atoms with van der Waals surface area (Å²) in [5, 5.41) is 4.33. The van der Waals surface area contributed by atoms with Crippen molar-refractivity contribution in [2.24, 2.45) is 0 Å². The molecule has 31 heavy (non-hydrogen) atoms. The van der Waals surface area contributed by atoms with Crippen LogP contribution >= 0.6 is 11.6 Å². The smallest absolute Gasteiger partial charge is 0.263 e. The molecule has 2 heterocycles. The number of halogens is 1. The van der Waals surface area contributed by atoms with Gasteiger partial charge < -0.3 is 5.32 Å². The summed E-state index contributed by atoms with van der Waals surface area (Å²) in [4.78, 5) is 30.5. The first-order chi connectivity index (χ1) is 15.0. The molecule has 1 fully saturated rings. The van der Waals surface area contributed by atoms with Gasteiger partial charge in [-0.1, -0.05) is 43.7 Å². The van der Waals surface area contributed by atoms with Crippen molar-refractivity contribution < 1.29 is 4.79 Å². The number of aromatic nitrogens is 3. The Morgan fingerprint density at radius 2 is 1.74 bits per heavy atom. The second-order valence-electron chi connectivity index (χ2n) is 8.51. The Morgan fingerprint density at radius 1 is 1.10 bits per heavy atom. The van der Waals surface area contributed by atoms with Gasteiger partial charge in [0.2, 0.25) is 5.91 Å². The molecular formula is C24H29ClN4O2. The topological polar surface area (TPSA) is 68.9 Å². The predicted molar refractivity (Wildman–Crippen MR) is 124 cm³/mol. The minimum absolute atomic E-state index is 0.0110. The van der Waals surface area contributed by atoms with E-state index in [1.807, 2.05) is 42.7 Å². The number of benzene rings is 1. The molecule has 0 radical (unpaired) electrons. The van der Waals surface area contributed by atoms with E-state index in [1.54, 1.807) is 0 Å². The Hall–Kier alpha value is -2.60. The fraction of sp³-hybridized carbons (Fsp3) is 0.458. The van der Waals surface area contributed by atoms with Gasteiger partial charge in [-0.05, 0) is 56.5 Å². The van der Waals surface area contributed by atoms with E-state index in [1.165, 1.54) is 30.2 Å². The van der Waals surface area contributed by atoms with Crippen molar-refractivity contribution in [1.82, 2.24) is 19.4 Å². The molecule has 0 saturated heterocycles. The van der Waals surface area contributed by atoms with Crippen LogP contribution < -0.4 is 10.9 Å². The van der Waals surface area contributed by atoms with Crippen molar-refractivity contribution in [1.29, 1.82) is 0 Å². The molecule has 6 nitrogen and oxygen atoms in total. The third kappa shape index (κ3) is 4.54. The Labute approximate surface area is 187 Å². The van der Waals surface area contributed by atoms with Gasteiger partial charge in [0.1, 0.15) is 12.9 Å². The van der Waals surface area contributed by atoms with Crippen LogP contribution in [-0.4, -0.2) is 26.1 Å². The van der Waals surface area contributed by atoms with Gasteiger partial charge in [-0.15, -0.1) is 0 Å². The summed E-state index contributed by atoms with van der Waals surface area (Å²) >= 11 is 6.03. The van der Waals surface area contributed by atoms with Gasteiger partial charge in [-0.2, -0.15) is 0 Å². The number of carbonyl (C=O) groups excluding carboxylic acids is 1. The molecule has 0 unspecified atom stereocenters. The normalized spacial score (nSPS) is 15.6. The number of hydrogen-bond acceptors (Lipinski definition) is 3. The Bertz CT molecular complexity index is 1140. The number of hydrogen-bond donors (Lipinski definition) is 1. The quantitative estimate of drug-likeness (QED) is 0.640.